The van der Waals surface area contributed by atoms with Crippen LogP contribution in [0.1, 0.15) is 34.8 Å². The average Bonchev–Trinajstić information content (AvgIpc) is 2.70. The molecule has 2 aromatic carbocycles. The minimum absolute atomic E-state index is 0.151. The smallest absolute Gasteiger partial charge is 0.251 e. The molecule has 0 heterocycles. The second-order valence-corrected chi connectivity index (χ2v) is 8.48. The second kappa shape index (κ2) is 10.4. The maximum Gasteiger partial charge on any atom is 0.251 e. The van der Waals surface area contributed by atoms with Crippen LogP contribution in [0.25, 0.3) is 0 Å². The van der Waals surface area contributed by atoms with Gasteiger partial charge in [0.2, 0.25) is 10.0 Å². The van der Waals surface area contributed by atoms with Crippen LogP contribution in [0.5, 0.6) is 0 Å². The predicted molar refractivity (Wildman–Crippen MR) is 110 cm³/mol. The zero-order valence-electron chi connectivity index (χ0n) is 16.6. The highest BCUT2D eigenvalue weighted by atomic mass is 32.2. The van der Waals surface area contributed by atoms with Crippen LogP contribution < -0.4 is 5.32 Å². The molecule has 0 radical (unpaired) electrons. The third-order valence-electron chi connectivity index (χ3n) is 4.40. The highest BCUT2D eigenvalue weighted by molar-refractivity contribution is 7.89. The Morgan fingerprint density at radius 2 is 1.71 bits per heavy atom. The van der Waals surface area contributed by atoms with E-state index in [4.69, 9.17) is 4.74 Å². The van der Waals surface area contributed by atoms with Crippen molar-refractivity contribution in [2.45, 2.75) is 31.7 Å². The summed E-state index contributed by atoms with van der Waals surface area (Å²) in [6, 6.07) is 13.9. The fraction of sp³-hybridized carbons (Fsp3) is 0.381. The van der Waals surface area contributed by atoms with E-state index in [2.05, 4.69) is 5.32 Å². The van der Waals surface area contributed by atoms with Crippen molar-refractivity contribution in [2.75, 3.05) is 26.8 Å². The number of nitrogens with one attached hydrogen (secondary N) is 1. The monoisotopic (exact) mass is 404 g/mol. The van der Waals surface area contributed by atoms with Gasteiger partial charge in [-0.15, -0.1) is 0 Å². The third kappa shape index (κ3) is 5.89. The lowest BCUT2D eigenvalue weighted by atomic mass is 10.1. The summed E-state index contributed by atoms with van der Waals surface area (Å²) in [5.41, 5.74) is 2.39. The molecule has 0 aliphatic rings. The number of amides is 1. The molecular formula is C21H28N2O4S. The van der Waals surface area contributed by atoms with Crippen molar-refractivity contribution in [3.63, 3.8) is 0 Å². The highest BCUT2D eigenvalue weighted by Gasteiger charge is 2.23. The largest absolute Gasteiger partial charge is 0.385 e. The first-order valence-electron chi connectivity index (χ1n) is 9.31. The molecule has 0 aliphatic carbocycles. The van der Waals surface area contributed by atoms with E-state index in [1.807, 2.05) is 13.8 Å². The molecule has 28 heavy (non-hydrogen) atoms. The lowest BCUT2D eigenvalue weighted by Crippen LogP contribution is -2.30. The number of ether oxygens (including phenoxy) is 1. The summed E-state index contributed by atoms with van der Waals surface area (Å²) in [7, 11) is -1.94. The van der Waals surface area contributed by atoms with Crippen molar-refractivity contribution < 1.29 is 17.9 Å². The van der Waals surface area contributed by atoms with Gasteiger partial charge in [0.1, 0.15) is 0 Å². The molecule has 2 aromatic rings. The van der Waals surface area contributed by atoms with Crippen molar-refractivity contribution in [3.8, 4) is 0 Å². The second-order valence-electron chi connectivity index (χ2n) is 6.54. The summed E-state index contributed by atoms with van der Waals surface area (Å²) in [5.74, 6) is -0.151. The summed E-state index contributed by atoms with van der Waals surface area (Å²) in [6.07, 6.45) is 0.753. The Kier molecular flexibility index (Phi) is 8.17. The predicted octanol–water partition coefficient (Wildman–Crippen LogP) is 2.97. The summed E-state index contributed by atoms with van der Waals surface area (Å²) in [5, 5.41) is 2.83. The summed E-state index contributed by atoms with van der Waals surface area (Å²) in [6.45, 7) is 5.49. The molecule has 2 rings (SSSR count). The fourth-order valence-electron chi connectivity index (χ4n) is 2.71. The Morgan fingerprint density at radius 1 is 1.07 bits per heavy atom. The molecule has 1 N–H and O–H groups in total. The topological polar surface area (TPSA) is 75.7 Å². The normalized spacial score (nSPS) is 11.6. The van der Waals surface area contributed by atoms with Gasteiger partial charge in [0.05, 0.1) is 4.90 Å². The molecule has 0 saturated carbocycles. The number of nitrogens with zero attached hydrogens (tertiary/aromatic N) is 1. The van der Waals surface area contributed by atoms with E-state index in [9.17, 15) is 13.2 Å². The van der Waals surface area contributed by atoms with E-state index in [-0.39, 0.29) is 17.3 Å². The van der Waals surface area contributed by atoms with Crippen LogP contribution in [0.4, 0.5) is 0 Å². The van der Waals surface area contributed by atoms with E-state index in [0.29, 0.717) is 25.3 Å². The molecular weight excluding hydrogens is 376 g/mol. The fourth-order valence-corrected chi connectivity index (χ4v) is 4.15. The average molecular weight is 405 g/mol. The molecule has 1 amide bonds. The van der Waals surface area contributed by atoms with Crippen molar-refractivity contribution in [1.29, 1.82) is 0 Å². The van der Waals surface area contributed by atoms with Crippen LogP contribution in [0.15, 0.2) is 53.4 Å². The van der Waals surface area contributed by atoms with Gasteiger partial charge in [-0.2, -0.15) is 4.31 Å². The van der Waals surface area contributed by atoms with Gasteiger partial charge < -0.3 is 10.1 Å². The van der Waals surface area contributed by atoms with Gasteiger partial charge >= 0.3 is 0 Å². The van der Waals surface area contributed by atoms with E-state index in [1.165, 1.54) is 4.31 Å². The highest BCUT2D eigenvalue weighted by Crippen LogP contribution is 2.19. The maximum absolute atomic E-state index is 12.9. The quantitative estimate of drug-likeness (QED) is 0.618. The number of carbonyl (C=O) groups is 1. The first kappa shape index (κ1) is 22.1. The van der Waals surface area contributed by atoms with E-state index in [0.717, 1.165) is 17.5 Å². The molecule has 152 valence electrons. The number of hydrogen-bond donors (Lipinski definition) is 1. The number of carbonyl (C=O) groups excluding carboxylic acids is 1. The molecule has 7 heteroatoms. The van der Waals surface area contributed by atoms with Crippen molar-refractivity contribution in [1.82, 2.24) is 9.62 Å². The minimum Gasteiger partial charge on any atom is -0.385 e. The van der Waals surface area contributed by atoms with Gasteiger partial charge in [-0.05, 0) is 43.2 Å². The van der Waals surface area contributed by atoms with Crippen LogP contribution in [0, 0.1) is 6.92 Å². The molecule has 6 nitrogen and oxygen atoms in total. The van der Waals surface area contributed by atoms with Crippen LogP contribution in [-0.4, -0.2) is 45.4 Å². The number of sulfonamides is 1. The molecule has 0 unspecified atom stereocenters. The lowest BCUT2D eigenvalue weighted by molar-refractivity contribution is 0.0948. The third-order valence-corrected chi connectivity index (χ3v) is 6.33. The van der Waals surface area contributed by atoms with Crippen molar-refractivity contribution in [2.24, 2.45) is 0 Å². The Bertz CT molecular complexity index is 862. The van der Waals surface area contributed by atoms with Crippen molar-refractivity contribution in [3.05, 3.63) is 65.2 Å². The van der Waals surface area contributed by atoms with Gasteiger partial charge in [-0.25, -0.2) is 8.42 Å². The van der Waals surface area contributed by atoms with Gasteiger partial charge in [0.25, 0.3) is 5.91 Å². The Balaban J connectivity index is 2.04. The van der Waals surface area contributed by atoms with Crippen LogP contribution in [0.2, 0.25) is 0 Å². The van der Waals surface area contributed by atoms with E-state index < -0.39 is 10.0 Å². The van der Waals surface area contributed by atoms with Gasteiger partial charge in [0, 0.05) is 38.9 Å². The van der Waals surface area contributed by atoms with E-state index >= 15 is 0 Å². The first-order chi connectivity index (χ1) is 13.4. The van der Waals surface area contributed by atoms with Gasteiger partial charge in [0.15, 0.2) is 0 Å². The van der Waals surface area contributed by atoms with Crippen molar-refractivity contribution >= 4 is 15.9 Å². The Labute approximate surface area is 167 Å². The van der Waals surface area contributed by atoms with Gasteiger partial charge in [-0.1, -0.05) is 36.8 Å². The Morgan fingerprint density at radius 3 is 2.29 bits per heavy atom. The zero-order chi connectivity index (χ0) is 20.6. The zero-order valence-corrected chi connectivity index (χ0v) is 17.5. The lowest BCUT2D eigenvalue weighted by Gasteiger charge is -2.21. The first-order valence-corrected chi connectivity index (χ1v) is 10.8. The maximum atomic E-state index is 12.9. The van der Waals surface area contributed by atoms with E-state index in [1.54, 1.807) is 55.6 Å². The number of hydrogen-bond acceptors (Lipinski definition) is 4. The molecule has 0 spiro atoms. The van der Waals surface area contributed by atoms with Crippen LogP contribution in [-0.2, 0) is 21.3 Å². The number of methoxy groups -OCH3 is 1. The molecule has 0 saturated heterocycles. The Hall–Kier alpha value is -2.22. The number of aryl methyl sites for hydroxylation is 1. The standard InChI is InChI=1S/C21H28N2O4S/c1-4-23(28(25,26)20-12-6-17(2)7-13-20)16-18-8-10-19(11-9-18)21(24)22-14-5-15-27-3/h6-13H,4-5,14-16H2,1-3H3,(H,22,24). The summed E-state index contributed by atoms with van der Waals surface area (Å²) in [4.78, 5) is 12.4. The number of rotatable bonds is 10. The minimum atomic E-state index is -3.57. The molecule has 0 bridgehead atoms. The number of benzene rings is 2. The van der Waals surface area contributed by atoms with Crippen LogP contribution in [0.3, 0.4) is 0 Å². The molecule has 0 aromatic heterocycles. The molecule has 0 aliphatic heterocycles. The van der Waals surface area contributed by atoms with Gasteiger partial charge in [-0.3, -0.25) is 4.79 Å². The SMILES string of the molecule is CCN(Cc1ccc(C(=O)NCCCOC)cc1)S(=O)(=O)c1ccc(C)cc1. The molecule has 0 fully saturated rings. The summed E-state index contributed by atoms with van der Waals surface area (Å²) >= 11 is 0. The summed E-state index contributed by atoms with van der Waals surface area (Å²) < 4.78 is 32.1. The van der Waals surface area contributed by atoms with Crippen LogP contribution >= 0.6 is 0 Å². The molecule has 0 atom stereocenters.